The molecule has 10 atom stereocenters. The lowest BCUT2D eigenvalue weighted by atomic mass is 9.37. The van der Waals surface area contributed by atoms with Crippen LogP contribution >= 0.6 is 0 Å². The van der Waals surface area contributed by atoms with Gasteiger partial charge in [0.05, 0.1) is 17.8 Å². The van der Waals surface area contributed by atoms with E-state index in [4.69, 9.17) is 0 Å². The fraction of sp³-hybridized carbons (Fsp3) is 0.933. The highest BCUT2D eigenvalue weighted by Gasteiger charge is 2.71. The van der Waals surface area contributed by atoms with Crippen molar-refractivity contribution < 1.29 is 15.3 Å². The summed E-state index contributed by atoms with van der Waals surface area (Å²) in [5.41, 5.74) is 0.465. The summed E-state index contributed by atoms with van der Waals surface area (Å²) in [5.74, 6) is 1.74. The number of allylic oxidation sites excluding steroid dienone is 2. The molecule has 0 spiro atoms. The van der Waals surface area contributed by atoms with Gasteiger partial charge in [0, 0.05) is 5.41 Å². The molecule has 4 aliphatic rings. The molecule has 0 heterocycles. The summed E-state index contributed by atoms with van der Waals surface area (Å²) in [7, 11) is 0. The van der Waals surface area contributed by atoms with Gasteiger partial charge in [-0.15, -0.1) is 0 Å². The summed E-state index contributed by atoms with van der Waals surface area (Å²) < 4.78 is 0. The van der Waals surface area contributed by atoms with Crippen LogP contribution < -0.4 is 0 Å². The minimum absolute atomic E-state index is 0.0503. The van der Waals surface area contributed by atoms with Crippen molar-refractivity contribution in [3.63, 3.8) is 0 Å². The van der Waals surface area contributed by atoms with Crippen molar-refractivity contribution in [1.29, 1.82) is 0 Å². The van der Waals surface area contributed by atoms with Crippen molar-refractivity contribution in [1.82, 2.24) is 0 Å². The van der Waals surface area contributed by atoms with Crippen LogP contribution in [-0.2, 0) is 0 Å². The van der Waals surface area contributed by atoms with Crippen molar-refractivity contribution in [3.8, 4) is 0 Å². The van der Waals surface area contributed by atoms with Crippen LogP contribution in [0.4, 0.5) is 0 Å². The van der Waals surface area contributed by atoms with E-state index in [9.17, 15) is 15.3 Å². The molecule has 3 N–H and O–H groups in total. The maximum Gasteiger partial charge on any atom is 0.0657 e. The molecule has 0 amide bonds. The highest BCUT2D eigenvalue weighted by atomic mass is 16.3. The number of hydrogen-bond donors (Lipinski definition) is 3. The molecule has 0 radical (unpaired) electrons. The maximum atomic E-state index is 11.9. The molecular weight excluding hydrogens is 408 g/mol. The smallest absolute Gasteiger partial charge is 0.0657 e. The molecule has 3 heteroatoms. The van der Waals surface area contributed by atoms with E-state index in [-0.39, 0.29) is 39.8 Å². The molecule has 4 aliphatic carbocycles. The van der Waals surface area contributed by atoms with Gasteiger partial charge < -0.3 is 15.3 Å². The normalized spacial score (nSPS) is 50.5. The maximum absolute atomic E-state index is 11.9. The average molecular weight is 461 g/mol. The first-order valence-corrected chi connectivity index (χ1v) is 13.8. The minimum Gasteiger partial charge on any atom is -0.393 e. The molecule has 33 heavy (non-hydrogen) atoms. The van der Waals surface area contributed by atoms with Crippen molar-refractivity contribution >= 4 is 0 Å². The highest BCUT2D eigenvalue weighted by molar-refractivity contribution is 5.20. The van der Waals surface area contributed by atoms with Gasteiger partial charge in [-0.1, -0.05) is 46.3 Å². The molecule has 0 aromatic heterocycles. The molecule has 0 aromatic rings. The molecule has 0 aromatic carbocycles. The molecule has 4 saturated carbocycles. The van der Waals surface area contributed by atoms with Gasteiger partial charge in [0.25, 0.3) is 0 Å². The van der Waals surface area contributed by atoms with Gasteiger partial charge in [-0.3, -0.25) is 0 Å². The van der Waals surface area contributed by atoms with Gasteiger partial charge >= 0.3 is 0 Å². The van der Waals surface area contributed by atoms with E-state index in [1.165, 1.54) is 18.4 Å². The van der Waals surface area contributed by atoms with E-state index in [2.05, 4.69) is 54.5 Å². The third kappa shape index (κ3) is 3.53. The zero-order valence-electron chi connectivity index (χ0n) is 22.7. The molecule has 4 fully saturated rings. The van der Waals surface area contributed by atoms with Crippen molar-refractivity contribution in [3.05, 3.63) is 11.6 Å². The van der Waals surface area contributed by atoms with Crippen LogP contribution in [0.1, 0.15) is 113 Å². The zero-order chi connectivity index (χ0) is 24.6. The van der Waals surface area contributed by atoms with Crippen LogP contribution in [0.15, 0.2) is 11.6 Å². The highest BCUT2D eigenvalue weighted by Crippen LogP contribution is 2.74. The summed E-state index contributed by atoms with van der Waals surface area (Å²) in [6, 6.07) is 0. The van der Waals surface area contributed by atoms with Crippen LogP contribution in [0.5, 0.6) is 0 Å². The Morgan fingerprint density at radius 1 is 0.909 bits per heavy atom. The first kappa shape index (κ1) is 25.7. The molecular formula is C30H52O3. The van der Waals surface area contributed by atoms with Gasteiger partial charge in [-0.05, 0) is 118 Å². The number of aliphatic hydroxyl groups is 3. The quantitative estimate of drug-likeness (QED) is 0.420. The Morgan fingerprint density at radius 2 is 1.58 bits per heavy atom. The fourth-order valence-electron chi connectivity index (χ4n) is 10.3. The van der Waals surface area contributed by atoms with Crippen molar-refractivity contribution in [2.75, 3.05) is 0 Å². The van der Waals surface area contributed by atoms with Crippen LogP contribution in [0.3, 0.4) is 0 Å². The van der Waals surface area contributed by atoms with Gasteiger partial charge in [0.15, 0.2) is 0 Å². The largest absolute Gasteiger partial charge is 0.393 e. The monoisotopic (exact) mass is 460 g/mol. The van der Waals surface area contributed by atoms with E-state index >= 15 is 0 Å². The Kier molecular flexibility index (Phi) is 6.28. The molecule has 0 aliphatic heterocycles. The Bertz CT molecular complexity index is 779. The third-order valence-electron chi connectivity index (χ3n) is 12.5. The van der Waals surface area contributed by atoms with Crippen LogP contribution in [0, 0.1) is 45.3 Å². The minimum atomic E-state index is -0.760. The Morgan fingerprint density at radius 3 is 2.21 bits per heavy atom. The van der Waals surface area contributed by atoms with E-state index in [0.717, 1.165) is 44.9 Å². The second-order valence-corrected chi connectivity index (χ2v) is 14.4. The molecule has 0 bridgehead atoms. The van der Waals surface area contributed by atoms with Crippen LogP contribution in [-0.4, -0.2) is 33.1 Å². The van der Waals surface area contributed by atoms with E-state index < -0.39 is 5.60 Å². The van der Waals surface area contributed by atoms with Crippen LogP contribution in [0.2, 0.25) is 0 Å². The number of hydrogen-bond acceptors (Lipinski definition) is 3. The molecule has 10 unspecified atom stereocenters. The predicted molar refractivity (Wildman–Crippen MR) is 136 cm³/mol. The summed E-state index contributed by atoms with van der Waals surface area (Å²) >= 11 is 0. The average Bonchev–Trinajstić information content (AvgIpc) is 3.00. The van der Waals surface area contributed by atoms with Gasteiger partial charge in [0.1, 0.15) is 0 Å². The molecule has 0 saturated heterocycles. The molecule has 3 nitrogen and oxygen atoms in total. The number of fused-ring (bicyclic) bond motifs is 5. The first-order valence-electron chi connectivity index (χ1n) is 13.8. The van der Waals surface area contributed by atoms with Crippen molar-refractivity contribution in [2.45, 2.75) is 131 Å². The predicted octanol–water partition coefficient (Wildman–Crippen LogP) is 6.50. The molecule has 190 valence electrons. The summed E-state index contributed by atoms with van der Waals surface area (Å²) in [6.45, 7) is 18.1. The first-order chi connectivity index (χ1) is 15.1. The van der Waals surface area contributed by atoms with Gasteiger partial charge in [0.2, 0.25) is 0 Å². The topological polar surface area (TPSA) is 60.7 Å². The van der Waals surface area contributed by atoms with Crippen molar-refractivity contribution in [2.24, 2.45) is 45.3 Å². The van der Waals surface area contributed by atoms with Crippen LogP contribution in [0.25, 0.3) is 0 Å². The Hall–Kier alpha value is -0.380. The lowest BCUT2D eigenvalue weighted by molar-refractivity contribution is -0.240. The summed E-state index contributed by atoms with van der Waals surface area (Å²) in [4.78, 5) is 0. The van der Waals surface area contributed by atoms with E-state index in [1.807, 2.05) is 6.92 Å². The Balaban J connectivity index is 1.66. The lowest BCUT2D eigenvalue weighted by Gasteiger charge is -2.68. The summed E-state index contributed by atoms with van der Waals surface area (Å²) in [5, 5.41) is 34.5. The lowest BCUT2D eigenvalue weighted by Crippen LogP contribution is -2.66. The summed E-state index contributed by atoms with van der Waals surface area (Å²) in [6.07, 6.45) is 10.6. The van der Waals surface area contributed by atoms with E-state index in [1.54, 1.807) is 0 Å². The number of aliphatic hydroxyl groups excluding tert-OH is 2. The second kappa shape index (κ2) is 8.07. The second-order valence-electron chi connectivity index (χ2n) is 14.4. The standard InChI is InChI=1S/C30H52O3/c1-19(2)10-9-15-29(7,33)23-13-17-28(6)20-11-12-22-26(3,4)24(31)14-16-27(22,5)21(20)18-25(32)30(23,28)8/h10,20-25,31-33H,9,11-18H2,1-8H3. The fourth-order valence-corrected chi connectivity index (χ4v) is 10.3. The third-order valence-corrected chi connectivity index (χ3v) is 12.5. The zero-order valence-corrected chi connectivity index (χ0v) is 22.7. The van der Waals surface area contributed by atoms with E-state index in [0.29, 0.717) is 17.8 Å². The SMILES string of the molecule is CC(C)=CCCC(C)(O)C1CCC2(C)C3CCC4C(C)(C)C(O)CCC4(C)C3CC(O)C12C. The number of rotatable bonds is 4. The Labute approximate surface area is 203 Å². The van der Waals surface area contributed by atoms with Gasteiger partial charge in [-0.25, -0.2) is 0 Å². The van der Waals surface area contributed by atoms with Gasteiger partial charge in [-0.2, -0.15) is 0 Å². The molecule has 4 rings (SSSR count).